The molecular weight excluding hydrogens is 416 g/mol. The number of amides is 1. The number of benzene rings is 2. The van der Waals surface area contributed by atoms with Crippen molar-refractivity contribution in [2.24, 2.45) is 5.92 Å². The van der Waals surface area contributed by atoms with Crippen molar-refractivity contribution in [1.82, 2.24) is 10.2 Å². The second-order valence-electron chi connectivity index (χ2n) is 9.21. The lowest BCUT2D eigenvalue weighted by Gasteiger charge is -2.21. The van der Waals surface area contributed by atoms with E-state index < -0.39 is 5.97 Å². The molecule has 0 aromatic heterocycles. The number of aliphatic carboxylic acids is 1. The van der Waals surface area contributed by atoms with Crippen LogP contribution in [0.2, 0.25) is 0 Å². The molecule has 33 heavy (non-hydrogen) atoms. The van der Waals surface area contributed by atoms with Gasteiger partial charge in [-0.15, -0.1) is 0 Å². The van der Waals surface area contributed by atoms with Gasteiger partial charge in [-0.2, -0.15) is 0 Å². The number of carbonyl (C=O) groups excluding carboxylic acids is 1. The minimum Gasteiger partial charge on any atom is -0.488 e. The van der Waals surface area contributed by atoms with Gasteiger partial charge in [0.05, 0.1) is 11.5 Å². The van der Waals surface area contributed by atoms with E-state index in [0.29, 0.717) is 30.9 Å². The van der Waals surface area contributed by atoms with Crippen LogP contribution in [-0.4, -0.2) is 53.7 Å². The van der Waals surface area contributed by atoms with Gasteiger partial charge in [0, 0.05) is 30.6 Å². The number of carboxylic acid groups (broad SMARTS) is 1. The number of allylic oxidation sites excluding steroid dienone is 1. The molecule has 1 fully saturated rings. The summed E-state index contributed by atoms with van der Waals surface area (Å²) in [5, 5.41) is 14.4. The van der Waals surface area contributed by atoms with Crippen LogP contribution >= 0.6 is 0 Å². The number of rotatable bonds is 11. The highest BCUT2D eigenvalue weighted by molar-refractivity contribution is 5.94. The van der Waals surface area contributed by atoms with E-state index in [0.717, 1.165) is 36.0 Å². The first kappa shape index (κ1) is 24.8. The lowest BCUT2D eigenvalue weighted by Crippen LogP contribution is -2.39. The molecule has 178 valence electrons. The number of hydrogen-bond donors (Lipinski definition) is 2. The molecule has 2 unspecified atom stereocenters. The van der Waals surface area contributed by atoms with Crippen LogP contribution < -0.4 is 10.1 Å². The standard InChI is InChI=1S/C27H36N2O4/c1-19(2)29-16-15-23(17-29)28-26(30)22(11-5-4-9-20(3)27(31)32)18-33-25-14-8-12-21-10-6-7-13-24(21)25/h6-8,10-14,19-20,23H,4-5,9,15-18H2,1-3H3,(H,28,30)(H,31,32). The summed E-state index contributed by atoms with van der Waals surface area (Å²) in [5.41, 5.74) is 0.592. The molecule has 2 aromatic carbocycles. The van der Waals surface area contributed by atoms with Gasteiger partial charge in [0.1, 0.15) is 12.4 Å². The molecular formula is C27H36N2O4. The fraction of sp³-hybridized carbons (Fsp3) is 0.481. The first-order chi connectivity index (χ1) is 15.8. The molecule has 2 N–H and O–H groups in total. The number of nitrogens with one attached hydrogen (secondary N) is 1. The molecule has 2 aromatic rings. The molecule has 3 rings (SSSR count). The molecule has 2 atom stereocenters. The van der Waals surface area contributed by atoms with Crippen LogP contribution in [0.5, 0.6) is 5.75 Å². The van der Waals surface area contributed by atoms with E-state index in [9.17, 15) is 9.59 Å². The van der Waals surface area contributed by atoms with Crippen molar-refractivity contribution in [2.45, 2.75) is 58.5 Å². The van der Waals surface area contributed by atoms with Crippen LogP contribution in [0.4, 0.5) is 0 Å². The van der Waals surface area contributed by atoms with E-state index in [4.69, 9.17) is 9.84 Å². The lowest BCUT2D eigenvalue weighted by molar-refractivity contribution is -0.141. The Morgan fingerprint density at radius 1 is 1.18 bits per heavy atom. The third-order valence-corrected chi connectivity index (χ3v) is 6.36. The van der Waals surface area contributed by atoms with E-state index in [-0.39, 0.29) is 24.5 Å². The Balaban J connectivity index is 1.67. The quantitative estimate of drug-likeness (QED) is 0.384. The summed E-state index contributed by atoms with van der Waals surface area (Å²) < 4.78 is 6.11. The molecule has 0 radical (unpaired) electrons. The zero-order chi connectivity index (χ0) is 23.8. The summed E-state index contributed by atoms with van der Waals surface area (Å²) in [6.07, 6.45) is 4.78. The largest absolute Gasteiger partial charge is 0.488 e. The normalized spacial score (nSPS) is 17.9. The zero-order valence-corrected chi connectivity index (χ0v) is 19.9. The highest BCUT2D eigenvalue weighted by Crippen LogP contribution is 2.25. The molecule has 0 spiro atoms. The van der Waals surface area contributed by atoms with Gasteiger partial charge < -0.3 is 15.2 Å². The van der Waals surface area contributed by atoms with Crippen LogP contribution in [0, 0.1) is 5.92 Å². The van der Waals surface area contributed by atoms with Crippen molar-refractivity contribution in [3.63, 3.8) is 0 Å². The zero-order valence-electron chi connectivity index (χ0n) is 19.9. The number of carboxylic acids is 1. The summed E-state index contributed by atoms with van der Waals surface area (Å²) in [6, 6.07) is 14.5. The first-order valence-corrected chi connectivity index (χ1v) is 11.9. The van der Waals surface area contributed by atoms with Gasteiger partial charge in [0.25, 0.3) is 5.91 Å². The van der Waals surface area contributed by atoms with Gasteiger partial charge in [0.15, 0.2) is 0 Å². The Morgan fingerprint density at radius 3 is 2.67 bits per heavy atom. The molecule has 0 bridgehead atoms. The average Bonchev–Trinajstić information content (AvgIpc) is 3.27. The van der Waals surface area contributed by atoms with Crippen LogP contribution in [0.1, 0.15) is 46.5 Å². The molecule has 6 heteroatoms. The maximum Gasteiger partial charge on any atom is 0.306 e. The summed E-state index contributed by atoms with van der Waals surface area (Å²) in [6.45, 7) is 8.08. The number of unbranched alkanes of at least 4 members (excludes halogenated alkanes) is 1. The number of likely N-dealkylation sites (tertiary alicyclic amines) is 1. The van der Waals surface area contributed by atoms with Gasteiger partial charge in [-0.3, -0.25) is 14.5 Å². The van der Waals surface area contributed by atoms with Crippen molar-refractivity contribution in [1.29, 1.82) is 0 Å². The van der Waals surface area contributed by atoms with Crippen LogP contribution in [-0.2, 0) is 9.59 Å². The summed E-state index contributed by atoms with van der Waals surface area (Å²) in [4.78, 5) is 26.6. The fourth-order valence-corrected chi connectivity index (χ4v) is 4.17. The van der Waals surface area contributed by atoms with Crippen LogP contribution in [0.25, 0.3) is 10.8 Å². The molecule has 1 amide bonds. The third kappa shape index (κ3) is 7.06. The smallest absolute Gasteiger partial charge is 0.306 e. The van der Waals surface area contributed by atoms with E-state index in [2.05, 4.69) is 24.1 Å². The van der Waals surface area contributed by atoms with Crippen molar-refractivity contribution >= 4 is 22.6 Å². The molecule has 6 nitrogen and oxygen atoms in total. The van der Waals surface area contributed by atoms with Crippen LogP contribution in [0.15, 0.2) is 54.1 Å². The Kier molecular flexibility index (Phi) is 8.89. The van der Waals surface area contributed by atoms with Crippen molar-refractivity contribution < 1.29 is 19.4 Å². The van der Waals surface area contributed by atoms with E-state index in [1.54, 1.807) is 6.92 Å². The van der Waals surface area contributed by atoms with E-state index in [1.165, 1.54) is 0 Å². The summed E-state index contributed by atoms with van der Waals surface area (Å²) in [5.74, 6) is -0.523. The highest BCUT2D eigenvalue weighted by Gasteiger charge is 2.26. The van der Waals surface area contributed by atoms with Gasteiger partial charge in [0.2, 0.25) is 0 Å². The molecule has 0 saturated carbocycles. The number of carbonyl (C=O) groups is 2. The third-order valence-electron chi connectivity index (χ3n) is 6.36. The minimum absolute atomic E-state index is 0.0999. The Bertz CT molecular complexity index is 980. The van der Waals surface area contributed by atoms with Gasteiger partial charge in [-0.1, -0.05) is 49.4 Å². The van der Waals surface area contributed by atoms with Gasteiger partial charge in [-0.05, 0) is 51.0 Å². The Labute approximate surface area is 196 Å². The van der Waals surface area contributed by atoms with Crippen molar-refractivity contribution in [3.8, 4) is 5.75 Å². The highest BCUT2D eigenvalue weighted by atomic mass is 16.5. The topological polar surface area (TPSA) is 78.9 Å². The summed E-state index contributed by atoms with van der Waals surface area (Å²) in [7, 11) is 0. The monoisotopic (exact) mass is 452 g/mol. The van der Waals surface area contributed by atoms with Crippen LogP contribution in [0.3, 0.4) is 0 Å². The number of fused-ring (bicyclic) bond motifs is 1. The number of hydrogen-bond acceptors (Lipinski definition) is 4. The average molecular weight is 453 g/mol. The summed E-state index contributed by atoms with van der Waals surface area (Å²) >= 11 is 0. The lowest BCUT2D eigenvalue weighted by atomic mass is 10.0. The first-order valence-electron chi connectivity index (χ1n) is 11.9. The Morgan fingerprint density at radius 2 is 1.94 bits per heavy atom. The minimum atomic E-state index is -0.785. The second kappa shape index (κ2) is 11.8. The fourth-order valence-electron chi connectivity index (χ4n) is 4.17. The van der Waals surface area contributed by atoms with Crippen molar-refractivity contribution in [2.75, 3.05) is 19.7 Å². The van der Waals surface area contributed by atoms with Gasteiger partial charge >= 0.3 is 5.97 Å². The molecule has 1 aliphatic heterocycles. The predicted octanol–water partition coefficient (Wildman–Crippen LogP) is 4.63. The van der Waals surface area contributed by atoms with E-state index in [1.807, 2.05) is 48.5 Å². The maximum absolute atomic E-state index is 13.1. The molecule has 1 saturated heterocycles. The molecule has 1 heterocycles. The maximum atomic E-state index is 13.1. The van der Waals surface area contributed by atoms with E-state index >= 15 is 0 Å². The SMILES string of the molecule is CC(CCCC=C(COc1cccc2ccccc12)C(=O)NC1CCN(C(C)C)C1)C(=O)O. The van der Waals surface area contributed by atoms with Gasteiger partial charge in [-0.25, -0.2) is 0 Å². The Hall–Kier alpha value is -2.86. The molecule has 0 aliphatic carbocycles. The van der Waals surface area contributed by atoms with Crippen molar-refractivity contribution in [3.05, 3.63) is 54.1 Å². The molecule has 1 aliphatic rings. The predicted molar refractivity (Wildman–Crippen MR) is 131 cm³/mol. The number of ether oxygens (including phenoxy) is 1. The number of nitrogens with zero attached hydrogens (tertiary/aromatic N) is 1. The second-order valence-corrected chi connectivity index (χ2v) is 9.21.